The number of halogens is 3. The first kappa shape index (κ1) is 22.6. The van der Waals surface area contributed by atoms with Gasteiger partial charge in [-0.25, -0.2) is 14.5 Å². The second kappa shape index (κ2) is 8.07. The van der Waals surface area contributed by atoms with E-state index in [1.54, 1.807) is 30.2 Å². The van der Waals surface area contributed by atoms with Crippen molar-refractivity contribution in [3.63, 3.8) is 0 Å². The predicted molar refractivity (Wildman–Crippen MR) is 128 cm³/mol. The van der Waals surface area contributed by atoms with Crippen molar-refractivity contribution >= 4 is 40.4 Å². The van der Waals surface area contributed by atoms with Crippen LogP contribution in [0.3, 0.4) is 0 Å². The van der Waals surface area contributed by atoms with Gasteiger partial charge in [-0.1, -0.05) is 23.2 Å². The topological polar surface area (TPSA) is 121 Å². The number of anilines is 1. The molecule has 1 amide bonds. The summed E-state index contributed by atoms with van der Waals surface area (Å²) in [7, 11) is 1.80. The number of aromatic nitrogens is 9. The van der Waals surface area contributed by atoms with Crippen LogP contribution in [0.25, 0.3) is 11.5 Å². The van der Waals surface area contributed by atoms with Gasteiger partial charge in [0.2, 0.25) is 5.91 Å². The summed E-state index contributed by atoms with van der Waals surface area (Å²) < 4.78 is 17.4. The lowest BCUT2D eigenvalue weighted by Gasteiger charge is -2.24. The van der Waals surface area contributed by atoms with Crippen molar-refractivity contribution in [2.24, 2.45) is 7.05 Å². The Kier molecular flexibility index (Phi) is 5.05. The summed E-state index contributed by atoms with van der Waals surface area (Å²) >= 11 is 12.5. The summed E-state index contributed by atoms with van der Waals surface area (Å²) in [5, 5.41) is 19.3. The van der Waals surface area contributed by atoms with Crippen molar-refractivity contribution in [2.75, 3.05) is 5.32 Å². The molecule has 0 bridgehead atoms. The Balaban J connectivity index is 1.40. The molecule has 5 heterocycles. The van der Waals surface area contributed by atoms with Crippen LogP contribution in [0.15, 0.2) is 43.2 Å². The van der Waals surface area contributed by atoms with E-state index in [2.05, 4.69) is 35.7 Å². The maximum atomic E-state index is 14.3. The van der Waals surface area contributed by atoms with E-state index in [4.69, 9.17) is 23.2 Å². The molecule has 0 fully saturated rings. The number of pyridine rings is 1. The number of rotatable bonds is 4. The first-order valence-corrected chi connectivity index (χ1v) is 11.6. The van der Waals surface area contributed by atoms with Crippen molar-refractivity contribution in [3.05, 3.63) is 76.1 Å². The first-order chi connectivity index (χ1) is 17.3. The predicted octanol–water partition coefficient (Wildman–Crippen LogP) is 3.32. The molecule has 2 atom stereocenters. The summed E-state index contributed by atoms with van der Waals surface area (Å²) in [4.78, 5) is 23.4. The number of aryl methyl sites for hydroxylation is 1. The lowest BCUT2D eigenvalue weighted by molar-refractivity contribution is -0.117. The van der Waals surface area contributed by atoms with Crippen molar-refractivity contribution in [1.29, 1.82) is 0 Å². The normalized spacial score (nSPS) is 19.1. The SMILES string of the molecule is Cn1cc([C@@]2(C)C[C@H](C(=O)Nc3cnc(-n4nccn4)c(Cl)c3)c3cnc4c(Cl)c(F)nn4c32)cn1. The van der Waals surface area contributed by atoms with Crippen LogP contribution in [0, 0.1) is 5.95 Å². The smallest absolute Gasteiger partial charge is 0.253 e. The molecule has 11 nitrogen and oxygen atoms in total. The van der Waals surface area contributed by atoms with E-state index in [0.29, 0.717) is 29.2 Å². The van der Waals surface area contributed by atoms with Gasteiger partial charge in [-0.2, -0.15) is 19.7 Å². The lowest BCUT2D eigenvalue weighted by atomic mass is 9.80. The van der Waals surface area contributed by atoms with Gasteiger partial charge >= 0.3 is 0 Å². The summed E-state index contributed by atoms with van der Waals surface area (Å²) in [5.41, 5.74) is 1.95. The molecule has 0 aromatic carbocycles. The molecule has 0 saturated carbocycles. The van der Waals surface area contributed by atoms with E-state index in [9.17, 15) is 9.18 Å². The maximum Gasteiger partial charge on any atom is 0.253 e. The molecule has 36 heavy (non-hydrogen) atoms. The van der Waals surface area contributed by atoms with Gasteiger partial charge in [0.05, 0.1) is 47.1 Å². The molecule has 6 rings (SSSR count). The van der Waals surface area contributed by atoms with Crippen LogP contribution >= 0.6 is 23.2 Å². The third-order valence-corrected chi connectivity index (χ3v) is 7.05. The molecular formula is C22H17Cl2FN10O. The number of amides is 1. The Hall–Kier alpha value is -3.90. The Morgan fingerprint density at radius 1 is 1.17 bits per heavy atom. The molecule has 0 radical (unpaired) electrons. The van der Waals surface area contributed by atoms with Crippen molar-refractivity contribution in [3.8, 4) is 5.82 Å². The van der Waals surface area contributed by atoms with Gasteiger partial charge in [0.15, 0.2) is 11.5 Å². The second-order valence-electron chi connectivity index (χ2n) is 8.73. The number of nitrogens with one attached hydrogen (secondary N) is 1. The van der Waals surface area contributed by atoms with Gasteiger partial charge in [0.1, 0.15) is 5.02 Å². The molecule has 0 unspecified atom stereocenters. The van der Waals surface area contributed by atoms with Crippen LogP contribution in [0.4, 0.5) is 10.1 Å². The summed E-state index contributed by atoms with van der Waals surface area (Å²) in [5.74, 6) is -1.42. The summed E-state index contributed by atoms with van der Waals surface area (Å²) in [6, 6.07) is 1.57. The molecule has 182 valence electrons. The number of nitrogens with zero attached hydrogens (tertiary/aromatic N) is 9. The number of hydrogen-bond acceptors (Lipinski definition) is 7. The van der Waals surface area contributed by atoms with Crippen LogP contribution in [0.1, 0.15) is 36.1 Å². The zero-order valence-corrected chi connectivity index (χ0v) is 20.4. The molecule has 14 heteroatoms. The fourth-order valence-electron chi connectivity index (χ4n) is 4.76. The van der Waals surface area contributed by atoms with Crippen molar-refractivity contribution in [2.45, 2.75) is 24.7 Å². The van der Waals surface area contributed by atoms with Gasteiger partial charge in [-0.15, -0.1) is 9.90 Å². The minimum Gasteiger partial charge on any atom is -0.324 e. The minimum absolute atomic E-state index is 0.174. The van der Waals surface area contributed by atoms with Gasteiger partial charge in [-0.3, -0.25) is 9.48 Å². The van der Waals surface area contributed by atoms with Gasteiger partial charge < -0.3 is 5.32 Å². The van der Waals surface area contributed by atoms with Crippen molar-refractivity contribution in [1.82, 2.24) is 44.4 Å². The molecule has 1 aliphatic carbocycles. The quantitative estimate of drug-likeness (QED) is 0.381. The monoisotopic (exact) mass is 526 g/mol. The number of hydrogen-bond donors (Lipinski definition) is 1. The van der Waals surface area contributed by atoms with E-state index in [0.717, 1.165) is 5.56 Å². The summed E-state index contributed by atoms with van der Waals surface area (Å²) in [6.45, 7) is 1.97. The molecule has 5 aromatic rings. The zero-order valence-electron chi connectivity index (χ0n) is 18.9. The largest absolute Gasteiger partial charge is 0.324 e. The molecule has 1 N–H and O–H groups in total. The number of carbonyl (C=O) groups excluding carboxylic acids is 1. The molecule has 5 aromatic heterocycles. The third kappa shape index (κ3) is 3.36. The Morgan fingerprint density at radius 3 is 2.64 bits per heavy atom. The van der Waals surface area contributed by atoms with Crippen LogP contribution < -0.4 is 5.32 Å². The van der Waals surface area contributed by atoms with Crippen LogP contribution in [-0.2, 0) is 17.3 Å². The highest BCUT2D eigenvalue weighted by Crippen LogP contribution is 2.50. The maximum absolute atomic E-state index is 14.3. The van der Waals surface area contributed by atoms with E-state index < -0.39 is 17.3 Å². The Morgan fingerprint density at radius 2 is 1.94 bits per heavy atom. The van der Waals surface area contributed by atoms with Crippen molar-refractivity contribution < 1.29 is 9.18 Å². The summed E-state index contributed by atoms with van der Waals surface area (Å²) in [6.07, 6.45) is 10.0. The molecule has 0 saturated heterocycles. The van der Waals surface area contributed by atoms with E-state index in [1.807, 2.05) is 13.1 Å². The molecule has 0 aliphatic heterocycles. The highest BCUT2D eigenvalue weighted by Gasteiger charge is 2.48. The van der Waals surface area contributed by atoms with Crippen LogP contribution in [0.2, 0.25) is 10.0 Å². The second-order valence-corrected chi connectivity index (χ2v) is 9.52. The fraction of sp³-hybridized carbons (Fsp3) is 0.227. The average Bonchev–Trinajstić information content (AvgIpc) is 3.63. The van der Waals surface area contributed by atoms with E-state index in [-0.39, 0.29) is 21.6 Å². The first-order valence-electron chi connectivity index (χ1n) is 10.8. The number of carbonyl (C=O) groups is 1. The molecular weight excluding hydrogens is 510 g/mol. The standard InChI is InChI=1S/C22H17Cl2FN10O/c1-22(11-7-30-33(2)10-11)6-13(14-9-27-20-16(24)18(25)32-34(20)17(14)22)21(36)31-12-5-15(23)19(26-8-12)35-28-3-4-29-35/h3-5,7-10,13H,6H2,1-2H3,(H,31,36)/t13-,22+/m0/s1. The lowest BCUT2D eigenvalue weighted by Crippen LogP contribution is -2.25. The zero-order chi connectivity index (χ0) is 25.2. The van der Waals surface area contributed by atoms with E-state index in [1.165, 1.54) is 27.9 Å². The molecule has 1 aliphatic rings. The van der Waals surface area contributed by atoms with E-state index >= 15 is 0 Å². The molecule has 0 spiro atoms. The Labute approximate surface area is 212 Å². The number of fused-ring (bicyclic) bond motifs is 3. The highest BCUT2D eigenvalue weighted by atomic mass is 35.5. The van der Waals surface area contributed by atoms with Gasteiger partial charge in [-0.05, 0) is 19.4 Å². The Bertz CT molecular complexity index is 1650. The average molecular weight is 527 g/mol. The highest BCUT2D eigenvalue weighted by molar-refractivity contribution is 6.33. The van der Waals surface area contributed by atoms with Gasteiger partial charge in [0.25, 0.3) is 5.95 Å². The van der Waals surface area contributed by atoms with Crippen LogP contribution in [-0.4, -0.2) is 50.3 Å². The van der Waals surface area contributed by atoms with Gasteiger partial charge in [0, 0.05) is 36.0 Å². The fourth-order valence-corrected chi connectivity index (χ4v) is 5.17. The minimum atomic E-state index is -0.827. The third-order valence-electron chi connectivity index (χ3n) is 6.44. The van der Waals surface area contributed by atoms with Crippen LogP contribution in [0.5, 0.6) is 0 Å².